The van der Waals surface area contributed by atoms with Crippen molar-refractivity contribution in [1.82, 2.24) is 14.8 Å². The molecule has 1 saturated heterocycles. The number of carbonyl (C=O) groups excluding carboxylic acids is 1. The topological polar surface area (TPSA) is 69.0 Å². The minimum atomic E-state index is -4.53. The molecule has 0 spiro atoms. The highest BCUT2D eigenvalue weighted by molar-refractivity contribution is 6.03. The quantitative estimate of drug-likeness (QED) is 0.916. The molecule has 3 heterocycles. The number of rotatable bonds is 4. The number of hydrogen-bond donors (Lipinski definition) is 1. The van der Waals surface area contributed by atoms with Crippen molar-refractivity contribution >= 4 is 11.6 Å². The maximum atomic E-state index is 12.5. The van der Waals surface area contributed by atoms with Gasteiger partial charge in [0.25, 0.3) is 5.91 Å². The summed E-state index contributed by atoms with van der Waals surface area (Å²) < 4.78 is 44.7. The van der Waals surface area contributed by atoms with Crippen molar-refractivity contribution in [3.8, 4) is 0 Å². The first-order valence-electron chi connectivity index (χ1n) is 7.90. The summed E-state index contributed by atoms with van der Waals surface area (Å²) in [5.41, 5.74) is -0.540. The van der Waals surface area contributed by atoms with E-state index in [9.17, 15) is 18.0 Å². The van der Waals surface area contributed by atoms with Gasteiger partial charge in [0.15, 0.2) is 0 Å². The minimum Gasteiger partial charge on any atom is -0.376 e. The molecule has 1 aliphatic rings. The Morgan fingerprint density at radius 2 is 2.16 bits per heavy atom. The molecule has 2 aromatic heterocycles. The lowest BCUT2D eigenvalue weighted by molar-refractivity contribution is -0.141. The number of pyridine rings is 1. The van der Waals surface area contributed by atoms with Crippen molar-refractivity contribution in [2.24, 2.45) is 0 Å². The summed E-state index contributed by atoms with van der Waals surface area (Å²) >= 11 is 0. The van der Waals surface area contributed by atoms with Crippen LogP contribution >= 0.6 is 0 Å². The maximum Gasteiger partial charge on any atom is 0.433 e. The highest BCUT2D eigenvalue weighted by Gasteiger charge is 2.32. The number of nitrogens with zero attached hydrogens (tertiary/aromatic N) is 3. The third kappa shape index (κ3) is 4.56. The second-order valence-corrected chi connectivity index (χ2v) is 5.82. The van der Waals surface area contributed by atoms with Crippen molar-refractivity contribution in [3.63, 3.8) is 0 Å². The van der Waals surface area contributed by atoms with Crippen LogP contribution in [0.4, 0.5) is 18.9 Å². The van der Waals surface area contributed by atoms with E-state index >= 15 is 0 Å². The van der Waals surface area contributed by atoms with Crippen LogP contribution in [-0.2, 0) is 17.5 Å². The standard InChI is InChI=1S/C16H17F3N4O2/c17-16(18,19)14-5-4-11(7-20-14)15(24)22-12-8-21-23(9-12)10-13-3-1-2-6-25-13/h4-5,7-9,13H,1-3,6,10H2,(H,22,24)/t13-/m0/s1. The van der Waals surface area contributed by atoms with Gasteiger partial charge in [-0.25, -0.2) is 0 Å². The normalized spacial score (nSPS) is 18.1. The maximum absolute atomic E-state index is 12.5. The fraction of sp³-hybridized carbons (Fsp3) is 0.438. The van der Waals surface area contributed by atoms with E-state index in [0.717, 1.165) is 44.2 Å². The van der Waals surface area contributed by atoms with Gasteiger partial charge in [0, 0.05) is 19.0 Å². The summed E-state index contributed by atoms with van der Waals surface area (Å²) in [7, 11) is 0. The van der Waals surface area contributed by atoms with Gasteiger partial charge < -0.3 is 10.1 Å². The van der Waals surface area contributed by atoms with Crippen LogP contribution in [0.25, 0.3) is 0 Å². The molecule has 1 fully saturated rings. The summed E-state index contributed by atoms with van der Waals surface area (Å²) in [6.07, 6.45) is 2.78. The van der Waals surface area contributed by atoms with Crippen molar-refractivity contribution in [3.05, 3.63) is 42.0 Å². The average Bonchev–Trinajstić information content (AvgIpc) is 3.02. The first-order chi connectivity index (χ1) is 11.9. The van der Waals surface area contributed by atoms with Crippen molar-refractivity contribution in [2.75, 3.05) is 11.9 Å². The Morgan fingerprint density at radius 1 is 1.32 bits per heavy atom. The molecule has 3 rings (SSSR count). The Morgan fingerprint density at radius 3 is 2.80 bits per heavy atom. The van der Waals surface area contributed by atoms with Crippen LogP contribution in [-0.4, -0.2) is 33.4 Å². The third-order valence-corrected chi connectivity index (χ3v) is 3.87. The number of anilines is 1. The molecule has 6 nitrogen and oxygen atoms in total. The molecule has 0 aromatic carbocycles. The first-order valence-corrected chi connectivity index (χ1v) is 7.90. The summed E-state index contributed by atoms with van der Waals surface area (Å²) in [5.74, 6) is -0.547. The molecular formula is C16H17F3N4O2. The lowest BCUT2D eigenvalue weighted by Crippen LogP contribution is -2.24. The predicted octanol–water partition coefficient (Wildman–Crippen LogP) is 3.12. The Bertz CT molecular complexity index is 722. The Kier molecular flexibility index (Phi) is 5.03. The molecule has 0 bridgehead atoms. The number of ether oxygens (including phenoxy) is 1. The molecule has 134 valence electrons. The van der Waals surface area contributed by atoms with E-state index in [1.165, 1.54) is 6.20 Å². The lowest BCUT2D eigenvalue weighted by atomic mass is 10.1. The summed E-state index contributed by atoms with van der Waals surface area (Å²) in [6.45, 7) is 1.34. The molecule has 1 N–H and O–H groups in total. The van der Waals surface area contributed by atoms with E-state index in [1.807, 2.05) is 0 Å². The number of amides is 1. The van der Waals surface area contributed by atoms with Crippen LogP contribution in [0.15, 0.2) is 30.7 Å². The zero-order valence-corrected chi connectivity index (χ0v) is 13.3. The minimum absolute atomic E-state index is 0.0383. The van der Waals surface area contributed by atoms with E-state index in [-0.39, 0.29) is 11.7 Å². The van der Waals surface area contributed by atoms with Gasteiger partial charge in [0.05, 0.1) is 30.1 Å². The largest absolute Gasteiger partial charge is 0.433 e. The van der Waals surface area contributed by atoms with Gasteiger partial charge >= 0.3 is 6.18 Å². The first kappa shape index (κ1) is 17.4. The third-order valence-electron chi connectivity index (χ3n) is 3.87. The van der Waals surface area contributed by atoms with Gasteiger partial charge in [0.1, 0.15) is 5.69 Å². The lowest BCUT2D eigenvalue weighted by Gasteiger charge is -2.22. The van der Waals surface area contributed by atoms with Crippen LogP contribution in [0, 0.1) is 0 Å². The number of halogens is 3. The second kappa shape index (κ2) is 7.22. The number of aromatic nitrogens is 3. The molecular weight excluding hydrogens is 337 g/mol. The molecule has 9 heteroatoms. The molecule has 0 unspecified atom stereocenters. The van der Waals surface area contributed by atoms with Crippen LogP contribution in [0.3, 0.4) is 0 Å². The molecule has 25 heavy (non-hydrogen) atoms. The van der Waals surface area contributed by atoms with Crippen LogP contribution in [0.1, 0.15) is 35.3 Å². The molecule has 2 aromatic rings. The average molecular weight is 354 g/mol. The predicted molar refractivity (Wildman–Crippen MR) is 83.0 cm³/mol. The molecule has 1 aliphatic heterocycles. The van der Waals surface area contributed by atoms with Crippen molar-refractivity contribution < 1.29 is 22.7 Å². The molecule has 0 aliphatic carbocycles. The summed E-state index contributed by atoms with van der Waals surface area (Å²) in [5, 5.41) is 6.75. The van der Waals surface area contributed by atoms with Crippen molar-refractivity contribution in [2.45, 2.75) is 38.1 Å². The van der Waals surface area contributed by atoms with Crippen LogP contribution < -0.4 is 5.32 Å². The summed E-state index contributed by atoms with van der Waals surface area (Å²) in [6, 6.07) is 1.87. The van der Waals surface area contributed by atoms with Crippen molar-refractivity contribution in [1.29, 1.82) is 0 Å². The Hall–Kier alpha value is -2.42. The van der Waals surface area contributed by atoms with E-state index in [4.69, 9.17) is 4.74 Å². The number of alkyl halides is 3. The SMILES string of the molecule is O=C(Nc1cnn(C[C@@H]2CCCCO2)c1)c1ccc(C(F)(F)F)nc1. The van der Waals surface area contributed by atoms with Gasteiger partial charge in [-0.05, 0) is 31.4 Å². The van der Waals surface area contributed by atoms with Gasteiger partial charge in [-0.15, -0.1) is 0 Å². The van der Waals surface area contributed by atoms with Gasteiger partial charge in [-0.2, -0.15) is 18.3 Å². The molecule has 0 radical (unpaired) electrons. The molecule has 0 saturated carbocycles. The highest BCUT2D eigenvalue weighted by Crippen LogP contribution is 2.27. The van der Waals surface area contributed by atoms with Crippen LogP contribution in [0.2, 0.25) is 0 Å². The smallest absolute Gasteiger partial charge is 0.376 e. The van der Waals surface area contributed by atoms with E-state index in [2.05, 4.69) is 15.4 Å². The number of carbonyl (C=O) groups is 1. The van der Waals surface area contributed by atoms with E-state index < -0.39 is 17.8 Å². The highest BCUT2D eigenvalue weighted by atomic mass is 19.4. The molecule has 1 amide bonds. The fourth-order valence-corrected chi connectivity index (χ4v) is 2.59. The Labute approximate surface area is 142 Å². The van der Waals surface area contributed by atoms with E-state index in [1.54, 1.807) is 10.9 Å². The zero-order valence-electron chi connectivity index (χ0n) is 13.3. The van der Waals surface area contributed by atoms with Gasteiger partial charge in [-0.3, -0.25) is 14.5 Å². The van der Waals surface area contributed by atoms with Gasteiger partial charge in [0.2, 0.25) is 0 Å². The van der Waals surface area contributed by atoms with E-state index in [0.29, 0.717) is 12.2 Å². The number of nitrogens with one attached hydrogen (secondary N) is 1. The Balaban J connectivity index is 1.59. The zero-order chi connectivity index (χ0) is 17.9. The fourth-order valence-electron chi connectivity index (χ4n) is 2.59. The summed E-state index contributed by atoms with van der Waals surface area (Å²) in [4.78, 5) is 15.4. The monoisotopic (exact) mass is 354 g/mol. The number of hydrogen-bond acceptors (Lipinski definition) is 4. The molecule has 1 atom stereocenters. The van der Waals surface area contributed by atoms with Crippen LogP contribution in [0.5, 0.6) is 0 Å². The van der Waals surface area contributed by atoms with Gasteiger partial charge in [-0.1, -0.05) is 0 Å². The second-order valence-electron chi connectivity index (χ2n) is 5.82.